The molecule has 1 atom stereocenters. The number of nitrogens with zero attached hydrogens (tertiary/aromatic N) is 3. The molecule has 3 aromatic rings. The second kappa shape index (κ2) is 9.75. The molecule has 2 saturated heterocycles. The van der Waals surface area contributed by atoms with Crippen molar-refractivity contribution in [2.24, 2.45) is 0 Å². The lowest BCUT2D eigenvalue weighted by molar-refractivity contribution is 0.0204. The van der Waals surface area contributed by atoms with E-state index in [1.54, 1.807) is 6.07 Å². The molecular formula is C26H28F2N4O3. The summed E-state index contributed by atoms with van der Waals surface area (Å²) in [6, 6.07) is 10.7. The molecule has 2 aliphatic rings. The van der Waals surface area contributed by atoms with Crippen LogP contribution in [0.1, 0.15) is 15.9 Å². The molecule has 2 aliphatic heterocycles. The Morgan fingerprint density at radius 3 is 2.60 bits per heavy atom. The first-order chi connectivity index (χ1) is 16.9. The number of rotatable bonds is 4. The van der Waals surface area contributed by atoms with E-state index in [-0.39, 0.29) is 17.5 Å². The Kier molecular flexibility index (Phi) is 6.53. The second-order valence-corrected chi connectivity index (χ2v) is 9.21. The molecule has 2 aromatic carbocycles. The number of aryl methyl sites for hydroxylation is 1. The number of carbonyl (C=O) groups is 1. The largest absolute Gasteiger partial charge is 0.379 e. The third kappa shape index (κ3) is 4.92. The summed E-state index contributed by atoms with van der Waals surface area (Å²) >= 11 is 0. The van der Waals surface area contributed by atoms with Crippen molar-refractivity contribution in [3.63, 3.8) is 0 Å². The van der Waals surface area contributed by atoms with E-state index in [0.29, 0.717) is 61.5 Å². The number of pyridine rings is 1. The molecule has 7 nitrogen and oxygen atoms in total. The number of morpholine rings is 1. The van der Waals surface area contributed by atoms with Gasteiger partial charge >= 0.3 is 0 Å². The number of hydrogen-bond acceptors (Lipinski definition) is 5. The van der Waals surface area contributed by atoms with E-state index in [9.17, 15) is 18.4 Å². The fourth-order valence-corrected chi connectivity index (χ4v) is 4.98. The van der Waals surface area contributed by atoms with Gasteiger partial charge in [-0.25, -0.2) is 8.78 Å². The third-order valence-corrected chi connectivity index (χ3v) is 6.81. The number of halogens is 2. The third-order valence-electron chi connectivity index (χ3n) is 6.81. The maximum atomic E-state index is 13.9. The Labute approximate surface area is 201 Å². The normalized spacial score (nSPS) is 19.3. The lowest BCUT2D eigenvalue weighted by Gasteiger charge is -2.44. The van der Waals surface area contributed by atoms with Crippen molar-refractivity contribution in [1.82, 2.24) is 14.8 Å². The maximum Gasteiger partial charge on any atom is 0.255 e. The number of hydrogen-bond donors (Lipinski definition) is 1. The highest BCUT2D eigenvalue weighted by atomic mass is 19.2. The molecule has 0 saturated carbocycles. The Hall–Kier alpha value is -3.30. The molecule has 0 spiro atoms. The minimum atomic E-state index is -0.893. The molecule has 1 amide bonds. The first-order valence-electron chi connectivity index (χ1n) is 11.8. The van der Waals surface area contributed by atoms with Gasteiger partial charge in [-0.05, 0) is 31.2 Å². The Morgan fingerprint density at radius 1 is 1.03 bits per heavy atom. The van der Waals surface area contributed by atoms with Gasteiger partial charge in [-0.1, -0.05) is 11.6 Å². The summed E-state index contributed by atoms with van der Waals surface area (Å²) < 4.78 is 32.9. The second-order valence-electron chi connectivity index (χ2n) is 9.21. The van der Waals surface area contributed by atoms with E-state index in [0.717, 1.165) is 24.7 Å². The van der Waals surface area contributed by atoms with Gasteiger partial charge in [0.1, 0.15) is 0 Å². The van der Waals surface area contributed by atoms with Gasteiger partial charge < -0.3 is 19.5 Å². The van der Waals surface area contributed by atoms with Gasteiger partial charge in [0.2, 0.25) is 5.56 Å². The summed E-state index contributed by atoms with van der Waals surface area (Å²) in [5.41, 5.74) is 2.25. The van der Waals surface area contributed by atoms with Crippen LogP contribution in [0.3, 0.4) is 0 Å². The van der Waals surface area contributed by atoms with Crippen LogP contribution in [-0.4, -0.2) is 79.2 Å². The molecule has 1 unspecified atom stereocenters. The molecule has 0 aliphatic carbocycles. The van der Waals surface area contributed by atoms with Crippen molar-refractivity contribution in [1.29, 1.82) is 0 Å². The van der Waals surface area contributed by atoms with Crippen molar-refractivity contribution in [3.05, 3.63) is 75.6 Å². The SMILES string of the molecule is Cc1ccc2[nH]c(=O)cc(C(=O)N3CCN(c4ccc(F)c(F)c4)CC3CN3CCOCC3)c2c1. The molecule has 9 heteroatoms. The molecular weight excluding hydrogens is 454 g/mol. The van der Waals surface area contributed by atoms with Gasteiger partial charge in [-0.15, -0.1) is 0 Å². The molecule has 0 bridgehead atoms. The van der Waals surface area contributed by atoms with Gasteiger partial charge in [0.25, 0.3) is 5.91 Å². The number of ether oxygens (including phenoxy) is 1. The Balaban J connectivity index is 1.47. The zero-order valence-corrected chi connectivity index (χ0v) is 19.6. The first kappa shape index (κ1) is 23.4. The number of nitrogens with one attached hydrogen (secondary N) is 1. The summed E-state index contributed by atoms with van der Waals surface area (Å²) in [6.45, 7) is 6.68. The summed E-state index contributed by atoms with van der Waals surface area (Å²) in [6.07, 6.45) is 0. The van der Waals surface area contributed by atoms with Gasteiger partial charge in [0.15, 0.2) is 11.6 Å². The van der Waals surface area contributed by atoms with Crippen molar-refractivity contribution < 1.29 is 18.3 Å². The Bertz CT molecular complexity index is 1310. The highest BCUT2D eigenvalue weighted by Gasteiger charge is 2.34. The fraction of sp³-hybridized carbons (Fsp3) is 0.385. The van der Waals surface area contributed by atoms with E-state index in [2.05, 4.69) is 9.88 Å². The molecule has 2 fully saturated rings. The molecule has 35 heavy (non-hydrogen) atoms. The quantitative estimate of drug-likeness (QED) is 0.620. The smallest absolute Gasteiger partial charge is 0.255 e. The van der Waals surface area contributed by atoms with E-state index >= 15 is 0 Å². The monoisotopic (exact) mass is 482 g/mol. The zero-order valence-electron chi connectivity index (χ0n) is 19.6. The minimum Gasteiger partial charge on any atom is -0.379 e. The molecule has 184 valence electrons. The van der Waals surface area contributed by atoms with Crippen molar-refractivity contribution in [2.45, 2.75) is 13.0 Å². The van der Waals surface area contributed by atoms with Crippen LogP contribution >= 0.6 is 0 Å². The van der Waals surface area contributed by atoms with Crippen LogP contribution in [0.2, 0.25) is 0 Å². The number of H-pyrrole nitrogens is 1. The van der Waals surface area contributed by atoms with Crippen molar-refractivity contribution in [3.8, 4) is 0 Å². The van der Waals surface area contributed by atoms with Crippen LogP contribution in [-0.2, 0) is 4.74 Å². The van der Waals surface area contributed by atoms with E-state index in [1.165, 1.54) is 12.1 Å². The zero-order chi connectivity index (χ0) is 24.5. The number of amides is 1. The number of benzene rings is 2. The van der Waals surface area contributed by atoms with Crippen LogP contribution in [0, 0.1) is 18.6 Å². The average molecular weight is 483 g/mol. The van der Waals surface area contributed by atoms with Crippen LogP contribution in [0.4, 0.5) is 14.5 Å². The maximum absolute atomic E-state index is 13.9. The number of carbonyl (C=O) groups excluding carboxylic acids is 1. The summed E-state index contributed by atoms with van der Waals surface area (Å²) in [4.78, 5) is 35.1. The molecule has 1 N–H and O–H groups in total. The number of anilines is 1. The van der Waals surface area contributed by atoms with Gasteiger partial charge in [0, 0.05) is 68.0 Å². The molecule has 5 rings (SSSR count). The van der Waals surface area contributed by atoms with Crippen LogP contribution < -0.4 is 10.5 Å². The van der Waals surface area contributed by atoms with Crippen LogP contribution in [0.15, 0.2) is 47.3 Å². The van der Waals surface area contributed by atoms with Crippen molar-refractivity contribution >= 4 is 22.5 Å². The van der Waals surface area contributed by atoms with Crippen LogP contribution in [0.25, 0.3) is 10.9 Å². The topological polar surface area (TPSA) is 68.9 Å². The number of aromatic amines is 1. The molecule has 3 heterocycles. The minimum absolute atomic E-state index is 0.199. The standard InChI is InChI=1S/C26H28F2N4O3/c1-17-2-5-24-20(12-17)21(14-25(33)29-24)26(34)32-7-6-31(18-3-4-22(27)23(28)13-18)16-19(32)15-30-8-10-35-11-9-30/h2-5,12-14,19H,6-11,15-16H2,1H3,(H,29,33). The number of aromatic nitrogens is 1. The van der Waals surface area contributed by atoms with E-state index in [1.807, 2.05) is 34.9 Å². The average Bonchev–Trinajstić information content (AvgIpc) is 2.86. The van der Waals surface area contributed by atoms with Crippen molar-refractivity contribution in [2.75, 3.05) is 57.4 Å². The van der Waals surface area contributed by atoms with Crippen LogP contribution in [0.5, 0.6) is 0 Å². The number of fused-ring (bicyclic) bond motifs is 1. The van der Waals surface area contributed by atoms with E-state index < -0.39 is 11.6 Å². The summed E-state index contributed by atoms with van der Waals surface area (Å²) in [5.74, 6) is -1.98. The Morgan fingerprint density at radius 2 is 1.83 bits per heavy atom. The van der Waals surface area contributed by atoms with Gasteiger partial charge in [-0.3, -0.25) is 14.5 Å². The number of piperazine rings is 1. The highest BCUT2D eigenvalue weighted by molar-refractivity contribution is 6.06. The first-order valence-corrected chi connectivity index (χ1v) is 11.8. The summed E-state index contributed by atoms with van der Waals surface area (Å²) in [5, 5.41) is 0.711. The lowest BCUT2D eigenvalue weighted by atomic mass is 10.0. The summed E-state index contributed by atoms with van der Waals surface area (Å²) in [7, 11) is 0. The van der Waals surface area contributed by atoms with Gasteiger partial charge in [-0.2, -0.15) is 0 Å². The molecule has 0 radical (unpaired) electrons. The van der Waals surface area contributed by atoms with E-state index in [4.69, 9.17) is 4.74 Å². The lowest BCUT2D eigenvalue weighted by Crippen LogP contribution is -2.59. The fourth-order valence-electron chi connectivity index (χ4n) is 4.98. The molecule has 1 aromatic heterocycles. The predicted molar refractivity (Wildman–Crippen MR) is 130 cm³/mol. The predicted octanol–water partition coefficient (Wildman–Crippen LogP) is 2.78. The van der Waals surface area contributed by atoms with Gasteiger partial charge in [0.05, 0.1) is 24.8 Å². The highest BCUT2D eigenvalue weighted by Crippen LogP contribution is 2.25.